The number of aliphatic hydroxyl groups is 1. The summed E-state index contributed by atoms with van der Waals surface area (Å²) in [7, 11) is 1.91. The third kappa shape index (κ3) is 4.16. The maximum Gasteiger partial charge on any atom is 0.353 e. The number of aliphatic hydroxyl groups excluding tert-OH is 1. The zero-order valence-electron chi connectivity index (χ0n) is 19.8. The van der Waals surface area contributed by atoms with Crippen molar-refractivity contribution in [2.45, 2.75) is 50.1 Å². The highest BCUT2D eigenvalue weighted by atomic mass is 32.2. The lowest BCUT2D eigenvalue weighted by Crippen LogP contribution is -2.63. The number of rotatable bonds is 5. The monoisotopic (exact) mass is 494 g/mol. The van der Waals surface area contributed by atoms with Crippen LogP contribution in [0, 0.1) is 17.2 Å². The number of guanidine groups is 1. The van der Waals surface area contributed by atoms with E-state index in [2.05, 4.69) is 0 Å². The zero-order valence-corrected chi connectivity index (χ0v) is 20.6. The zero-order chi connectivity index (χ0) is 24.9. The van der Waals surface area contributed by atoms with E-state index in [9.17, 15) is 24.6 Å². The van der Waals surface area contributed by atoms with E-state index in [1.807, 2.05) is 23.8 Å². The molecule has 0 bridgehead atoms. The van der Waals surface area contributed by atoms with Gasteiger partial charge in [-0.3, -0.25) is 19.9 Å². The number of hydrogen-bond acceptors (Lipinski definition) is 7. The first-order valence-electron chi connectivity index (χ1n) is 11.8. The molecule has 5 N–H and O–H groups in total. The molecule has 4 heterocycles. The summed E-state index contributed by atoms with van der Waals surface area (Å²) < 4.78 is 0. The average molecular weight is 495 g/mol. The average Bonchev–Trinajstić information content (AvgIpc) is 3.09. The van der Waals surface area contributed by atoms with Crippen molar-refractivity contribution in [1.29, 1.82) is 5.41 Å². The second-order valence-electron chi connectivity index (χ2n) is 9.75. The molecule has 11 nitrogen and oxygen atoms in total. The number of carbonyl (C=O) groups is 3. The first-order valence-corrected chi connectivity index (χ1v) is 12.6. The van der Waals surface area contributed by atoms with Crippen LogP contribution < -0.4 is 5.73 Å². The Hall–Kier alpha value is -2.31. The van der Waals surface area contributed by atoms with Gasteiger partial charge in [0.25, 0.3) is 0 Å². The summed E-state index contributed by atoms with van der Waals surface area (Å²) in [5.74, 6) is -2.16. The van der Waals surface area contributed by atoms with Crippen LogP contribution >= 0.6 is 11.8 Å². The van der Waals surface area contributed by atoms with E-state index in [1.165, 1.54) is 16.7 Å². The summed E-state index contributed by atoms with van der Waals surface area (Å²) in [4.78, 5) is 45.6. The lowest BCUT2D eigenvalue weighted by Gasteiger charge is -2.46. The second-order valence-corrected chi connectivity index (χ2v) is 11.1. The minimum Gasteiger partial charge on any atom is -0.477 e. The van der Waals surface area contributed by atoms with Gasteiger partial charge >= 0.3 is 5.97 Å². The van der Waals surface area contributed by atoms with E-state index in [0.29, 0.717) is 44.0 Å². The van der Waals surface area contributed by atoms with Gasteiger partial charge in [0, 0.05) is 48.8 Å². The van der Waals surface area contributed by atoms with Gasteiger partial charge in [-0.05, 0) is 26.8 Å². The van der Waals surface area contributed by atoms with Crippen molar-refractivity contribution in [3.05, 3.63) is 10.6 Å². The van der Waals surface area contributed by atoms with E-state index in [4.69, 9.17) is 11.1 Å². The quantitative estimate of drug-likeness (QED) is 0.222. The molecular formula is C22H34N6O5S. The molecule has 6 atom stereocenters. The van der Waals surface area contributed by atoms with Crippen LogP contribution in [0.2, 0.25) is 0 Å². The smallest absolute Gasteiger partial charge is 0.353 e. The Morgan fingerprint density at radius 3 is 2.47 bits per heavy atom. The minimum absolute atomic E-state index is 0.0187. The van der Waals surface area contributed by atoms with Crippen LogP contribution in [0.5, 0.6) is 0 Å². The molecule has 4 rings (SSSR count). The number of amides is 2. The van der Waals surface area contributed by atoms with Crippen LogP contribution in [-0.4, -0.2) is 117 Å². The Balaban J connectivity index is 1.45. The number of β-lactam (4-membered cyclic amide) rings is 1. The van der Waals surface area contributed by atoms with Gasteiger partial charge in [0.15, 0.2) is 5.96 Å². The Morgan fingerprint density at radius 2 is 1.85 bits per heavy atom. The molecule has 12 heteroatoms. The number of thioether (sulfide) groups is 1. The third-order valence-electron chi connectivity index (χ3n) is 7.55. The van der Waals surface area contributed by atoms with E-state index in [1.54, 1.807) is 11.8 Å². The molecular weight excluding hydrogens is 460 g/mol. The molecule has 3 saturated heterocycles. The lowest BCUT2D eigenvalue weighted by atomic mass is 9.79. The normalized spacial score (nSPS) is 33.0. The maximum absolute atomic E-state index is 13.3. The molecule has 0 aromatic rings. The van der Waals surface area contributed by atoms with E-state index < -0.39 is 18.0 Å². The van der Waals surface area contributed by atoms with Crippen molar-refractivity contribution in [1.82, 2.24) is 19.6 Å². The van der Waals surface area contributed by atoms with E-state index in [0.717, 1.165) is 6.42 Å². The first kappa shape index (κ1) is 24.8. The SMILES string of the molecule is C[C@@H](O)[C@H]1C(=O)N2C(C(=O)O)=C(S[C@H]3C[C@@H](C(=O)N4CCCN(C(=N)N)CC4)N(C)C3)[C@H](C)[C@H]12. The highest BCUT2D eigenvalue weighted by molar-refractivity contribution is 8.03. The topological polar surface area (TPSA) is 154 Å². The summed E-state index contributed by atoms with van der Waals surface area (Å²) in [6.07, 6.45) is 0.513. The molecule has 2 amide bonds. The number of carboxylic acid groups (broad SMARTS) is 1. The van der Waals surface area contributed by atoms with E-state index >= 15 is 0 Å². The largest absolute Gasteiger partial charge is 0.477 e. The first-order chi connectivity index (χ1) is 16.0. The number of carbonyl (C=O) groups excluding carboxylic acids is 2. The van der Waals surface area contributed by atoms with Crippen LogP contribution in [0.1, 0.15) is 26.7 Å². The minimum atomic E-state index is -1.13. The summed E-state index contributed by atoms with van der Waals surface area (Å²) in [5, 5.41) is 27.6. The molecule has 188 valence electrons. The number of likely N-dealkylation sites (tertiary alicyclic amines) is 1. The van der Waals surface area contributed by atoms with Crippen molar-refractivity contribution in [2.24, 2.45) is 17.6 Å². The fourth-order valence-electron chi connectivity index (χ4n) is 5.77. The maximum atomic E-state index is 13.3. The molecule has 4 aliphatic rings. The van der Waals surface area contributed by atoms with Gasteiger partial charge in [-0.15, -0.1) is 11.8 Å². The van der Waals surface area contributed by atoms with E-state index in [-0.39, 0.29) is 46.7 Å². The fraction of sp³-hybridized carbons (Fsp3) is 0.727. The number of hydrogen-bond donors (Lipinski definition) is 4. The summed E-state index contributed by atoms with van der Waals surface area (Å²) in [5.41, 5.74) is 5.64. The predicted octanol–water partition coefficient (Wildman–Crippen LogP) is -0.626. The summed E-state index contributed by atoms with van der Waals surface area (Å²) in [6.45, 7) is 6.45. The molecule has 34 heavy (non-hydrogen) atoms. The Labute approximate surface area is 203 Å². The van der Waals surface area contributed by atoms with Crippen molar-refractivity contribution in [3.63, 3.8) is 0 Å². The summed E-state index contributed by atoms with van der Waals surface area (Å²) >= 11 is 1.46. The molecule has 0 radical (unpaired) electrons. The number of fused-ring (bicyclic) bond motifs is 1. The van der Waals surface area contributed by atoms with Gasteiger partial charge in [-0.1, -0.05) is 6.92 Å². The van der Waals surface area contributed by atoms with Crippen LogP contribution in [0.4, 0.5) is 0 Å². The summed E-state index contributed by atoms with van der Waals surface area (Å²) in [6, 6.07) is -0.630. The van der Waals surface area contributed by atoms with Gasteiger partial charge in [-0.25, -0.2) is 4.79 Å². The van der Waals surface area contributed by atoms with Crippen molar-refractivity contribution in [3.8, 4) is 0 Å². The number of likely N-dealkylation sites (N-methyl/N-ethyl adjacent to an activating group) is 1. The van der Waals surface area contributed by atoms with Gasteiger partial charge in [0.2, 0.25) is 11.8 Å². The molecule has 4 aliphatic heterocycles. The van der Waals surface area contributed by atoms with Crippen LogP contribution in [0.15, 0.2) is 10.6 Å². The number of nitrogens with two attached hydrogens (primary N) is 1. The fourth-order valence-corrected chi connectivity index (χ4v) is 7.37. The van der Waals surface area contributed by atoms with Crippen molar-refractivity contribution < 1.29 is 24.6 Å². The highest BCUT2D eigenvalue weighted by Crippen LogP contribution is 2.52. The molecule has 0 saturated carbocycles. The second kappa shape index (κ2) is 9.38. The van der Waals surface area contributed by atoms with Gasteiger partial charge in [0.05, 0.1) is 24.1 Å². The van der Waals surface area contributed by atoms with Crippen molar-refractivity contribution >= 4 is 35.5 Å². The van der Waals surface area contributed by atoms with Gasteiger partial charge < -0.3 is 30.6 Å². The van der Waals surface area contributed by atoms with Crippen LogP contribution in [0.3, 0.4) is 0 Å². The lowest BCUT2D eigenvalue weighted by molar-refractivity contribution is -0.163. The van der Waals surface area contributed by atoms with Gasteiger partial charge in [0.1, 0.15) is 5.70 Å². The van der Waals surface area contributed by atoms with Crippen molar-refractivity contribution in [2.75, 3.05) is 39.8 Å². The highest BCUT2D eigenvalue weighted by Gasteiger charge is 2.60. The molecule has 0 spiro atoms. The van der Waals surface area contributed by atoms with Crippen LogP contribution in [0.25, 0.3) is 0 Å². The molecule has 0 aliphatic carbocycles. The third-order valence-corrected chi connectivity index (χ3v) is 9.04. The number of aliphatic carboxylic acids is 1. The number of nitrogens with one attached hydrogen (secondary N) is 1. The number of nitrogens with zero attached hydrogens (tertiary/aromatic N) is 4. The molecule has 3 fully saturated rings. The molecule has 0 aromatic carbocycles. The Morgan fingerprint density at radius 1 is 1.21 bits per heavy atom. The molecule has 0 unspecified atom stereocenters. The van der Waals surface area contributed by atoms with Crippen LogP contribution in [-0.2, 0) is 14.4 Å². The molecule has 0 aromatic heterocycles. The number of carboxylic acids is 1. The van der Waals surface area contributed by atoms with Gasteiger partial charge in [-0.2, -0.15) is 0 Å². The Kier molecular flexibility index (Phi) is 6.85. The standard InChI is InChI=1S/C22H34N6O5S/c1-11-16-15(12(2)29)20(31)28(16)17(21(32)33)18(11)34-13-9-14(25(3)10-13)19(30)26-5-4-6-27(8-7-26)22(23)24/h11-16,29H,4-10H2,1-3H3,(H3,23,24)(H,32,33)/t11-,12-,13+,14+,15-,16-/m1/s1. The predicted molar refractivity (Wildman–Crippen MR) is 127 cm³/mol. The Bertz CT molecular complexity index is 925.